The number of piperidine rings is 1. The number of hydrogen-bond donors (Lipinski definition) is 1. The maximum Gasteiger partial charge on any atom is 0.108 e. The van der Waals surface area contributed by atoms with Gasteiger partial charge in [-0.15, -0.1) is 0 Å². The van der Waals surface area contributed by atoms with Gasteiger partial charge in [0.25, 0.3) is 0 Å². The average molecular weight is 223 g/mol. The lowest BCUT2D eigenvalue weighted by atomic mass is 9.83. The number of nitrogens with one attached hydrogen (secondary N) is 1. The van der Waals surface area contributed by atoms with Crippen molar-refractivity contribution < 1.29 is 4.74 Å². The molecule has 0 radical (unpaired) electrons. The molecule has 0 amide bonds. The molecule has 1 saturated carbocycles. The Bertz CT molecular complexity index is 233. The van der Waals surface area contributed by atoms with Gasteiger partial charge in [-0.05, 0) is 57.9 Å². The van der Waals surface area contributed by atoms with Gasteiger partial charge in [0.2, 0.25) is 0 Å². The largest absolute Gasteiger partial charge is 0.360 e. The van der Waals surface area contributed by atoms with Crippen LogP contribution in [0, 0.1) is 5.92 Å². The van der Waals surface area contributed by atoms with Gasteiger partial charge in [-0.1, -0.05) is 18.6 Å². The van der Waals surface area contributed by atoms with Gasteiger partial charge in [-0.25, -0.2) is 0 Å². The molecule has 2 heteroatoms. The first-order valence-corrected chi connectivity index (χ1v) is 6.80. The molecule has 2 aliphatic rings. The second-order valence-electron chi connectivity index (χ2n) is 5.41. The maximum absolute atomic E-state index is 6.16. The highest BCUT2D eigenvalue weighted by molar-refractivity contribution is 4.98. The van der Waals surface area contributed by atoms with E-state index in [1.54, 1.807) is 0 Å². The molecule has 1 aliphatic heterocycles. The van der Waals surface area contributed by atoms with Crippen molar-refractivity contribution in [3.8, 4) is 0 Å². The van der Waals surface area contributed by atoms with Crippen LogP contribution in [0.4, 0.5) is 0 Å². The molecular weight excluding hydrogens is 198 g/mol. The predicted octanol–water partition coefficient (Wildman–Crippen LogP) is 3.24. The van der Waals surface area contributed by atoms with Crippen LogP contribution in [0.2, 0.25) is 0 Å². The molecule has 0 spiro atoms. The van der Waals surface area contributed by atoms with E-state index in [-0.39, 0.29) is 0 Å². The minimum atomic E-state index is 0.322. The first-order chi connectivity index (χ1) is 7.75. The molecule has 1 saturated heterocycles. The van der Waals surface area contributed by atoms with Crippen LogP contribution in [0.5, 0.6) is 0 Å². The molecule has 3 atom stereocenters. The summed E-state index contributed by atoms with van der Waals surface area (Å²) in [5.74, 6) is 0.697. The Labute approximate surface area is 99.4 Å². The smallest absolute Gasteiger partial charge is 0.108 e. The van der Waals surface area contributed by atoms with E-state index in [0.29, 0.717) is 18.2 Å². The highest BCUT2D eigenvalue weighted by atomic mass is 16.5. The Morgan fingerprint density at radius 2 is 2.06 bits per heavy atom. The van der Waals surface area contributed by atoms with Gasteiger partial charge in [0.15, 0.2) is 0 Å². The minimum Gasteiger partial charge on any atom is -0.360 e. The summed E-state index contributed by atoms with van der Waals surface area (Å²) in [6.07, 6.45) is 9.63. The molecule has 16 heavy (non-hydrogen) atoms. The number of rotatable bonds is 3. The second-order valence-corrected chi connectivity index (χ2v) is 5.41. The van der Waals surface area contributed by atoms with Crippen molar-refractivity contribution in [1.82, 2.24) is 5.32 Å². The third kappa shape index (κ3) is 3.33. The Hall–Kier alpha value is -0.340. The summed E-state index contributed by atoms with van der Waals surface area (Å²) in [4.78, 5) is 0. The van der Waals surface area contributed by atoms with Crippen LogP contribution in [0.15, 0.2) is 12.2 Å². The Morgan fingerprint density at radius 3 is 2.75 bits per heavy atom. The minimum absolute atomic E-state index is 0.322. The van der Waals surface area contributed by atoms with E-state index in [2.05, 4.69) is 18.8 Å². The van der Waals surface area contributed by atoms with Crippen molar-refractivity contribution in [1.29, 1.82) is 0 Å². The summed E-state index contributed by atoms with van der Waals surface area (Å²) in [6, 6.07) is 0. The molecule has 1 heterocycles. The zero-order valence-electron chi connectivity index (χ0n) is 10.5. The molecule has 1 N–H and O–H groups in total. The molecule has 2 fully saturated rings. The van der Waals surface area contributed by atoms with Gasteiger partial charge in [-0.2, -0.15) is 0 Å². The summed E-state index contributed by atoms with van der Waals surface area (Å²) in [5, 5.41) is 3.47. The molecule has 1 aliphatic carbocycles. The lowest BCUT2D eigenvalue weighted by Crippen LogP contribution is -2.40. The standard InChI is InChI=1S/C14H25NO/c1-11(2)12-6-5-7-13(10-12)16-14-8-3-4-9-15-14/h12-15H,1,3-10H2,2H3. The summed E-state index contributed by atoms with van der Waals surface area (Å²) < 4.78 is 6.16. The third-order valence-corrected chi connectivity index (χ3v) is 3.94. The first kappa shape index (κ1) is 12.1. The van der Waals surface area contributed by atoms with E-state index < -0.39 is 0 Å². The molecule has 2 rings (SSSR count). The van der Waals surface area contributed by atoms with Crippen molar-refractivity contribution >= 4 is 0 Å². The van der Waals surface area contributed by atoms with Gasteiger partial charge in [0.1, 0.15) is 6.23 Å². The second kappa shape index (κ2) is 5.83. The normalized spacial score (nSPS) is 35.9. The lowest BCUT2D eigenvalue weighted by molar-refractivity contribution is -0.0627. The molecule has 3 unspecified atom stereocenters. The van der Waals surface area contributed by atoms with Crippen molar-refractivity contribution in [2.45, 2.75) is 64.2 Å². The summed E-state index contributed by atoms with van der Waals surface area (Å²) in [5.41, 5.74) is 1.34. The highest BCUT2D eigenvalue weighted by Gasteiger charge is 2.25. The maximum atomic E-state index is 6.16. The molecule has 0 aromatic heterocycles. The monoisotopic (exact) mass is 223 g/mol. The Kier molecular flexibility index (Phi) is 4.42. The fourth-order valence-electron chi connectivity index (χ4n) is 2.88. The lowest BCUT2D eigenvalue weighted by Gasteiger charge is -2.34. The van der Waals surface area contributed by atoms with Gasteiger partial charge in [0.05, 0.1) is 6.10 Å². The van der Waals surface area contributed by atoms with Gasteiger partial charge < -0.3 is 4.74 Å². The van der Waals surface area contributed by atoms with Crippen LogP contribution in [0.1, 0.15) is 51.9 Å². The Morgan fingerprint density at radius 1 is 1.19 bits per heavy atom. The van der Waals surface area contributed by atoms with E-state index >= 15 is 0 Å². The van der Waals surface area contributed by atoms with Gasteiger partial charge in [-0.3, -0.25) is 5.32 Å². The molecule has 0 bridgehead atoms. The van der Waals surface area contributed by atoms with Crippen molar-refractivity contribution in [3.05, 3.63) is 12.2 Å². The molecule has 2 nitrogen and oxygen atoms in total. The van der Waals surface area contributed by atoms with Gasteiger partial charge in [0, 0.05) is 0 Å². The van der Waals surface area contributed by atoms with Crippen LogP contribution >= 0.6 is 0 Å². The summed E-state index contributed by atoms with van der Waals surface area (Å²) in [6.45, 7) is 7.37. The number of ether oxygens (including phenoxy) is 1. The summed E-state index contributed by atoms with van der Waals surface area (Å²) >= 11 is 0. The van der Waals surface area contributed by atoms with Crippen molar-refractivity contribution in [3.63, 3.8) is 0 Å². The van der Waals surface area contributed by atoms with Crippen LogP contribution in [0.3, 0.4) is 0 Å². The molecular formula is C14H25NO. The van der Waals surface area contributed by atoms with Crippen molar-refractivity contribution in [2.24, 2.45) is 5.92 Å². The van der Waals surface area contributed by atoms with E-state index in [4.69, 9.17) is 4.74 Å². The third-order valence-electron chi connectivity index (χ3n) is 3.94. The van der Waals surface area contributed by atoms with Crippen LogP contribution < -0.4 is 5.32 Å². The Balaban J connectivity index is 1.78. The van der Waals surface area contributed by atoms with E-state index in [1.165, 1.54) is 50.5 Å². The SMILES string of the molecule is C=C(C)C1CCCC(OC2CCCCN2)C1. The topological polar surface area (TPSA) is 21.3 Å². The van der Waals surface area contributed by atoms with E-state index in [0.717, 1.165) is 6.54 Å². The molecule has 0 aromatic rings. The molecule has 92 valence electrons. The first-order valence-electron chi connectivity index (χ1n) is 6.80. The van der Waals surface area contributed by atoms with Crippen molar-refractivity contribution in [2.75, 3.05) is 6.54 Å². The fourth-order valence-corrected chi connectivity index (χ4v) is 2.88. The predicted molar refractivity (Wildman–Crippen MR) is 67.3 cm³/mol. The molecule has 0 aromatic carbocycles. The van der Waals surface area contributed by atoms with Crippen LogP contribution in [0.25, 0.3) is 0 Å². The van der Waals surface area contributed by atoms with Crippen LogP contribution in [-0.2, 0) is 4.74 Å². The fraction of sp³-hybridized carbons (Fsp3) is 0.857. The summed E-state index contributed by atoms with van der Waals surface area (Å²) in [7, 11) is 0. The number of hydrogen-bond acceptors (Lipinski definition) is 2. The highest BCUT2D eigenvalue weighted by Crippen LogP contribution is 2.31. The number of allylic oxidation sites excluding steroid dienone is 1. The average Bonchev–Trinajstić information content (AvgIpc) is 2.30. The zero-order chi connectivity index (χ0) is 11.4. The van der Waals surface area contributed by atoms with E-state index in [9.17, 15) is 0 Å². The van der Waals surface area contributed by atoms with Gasteiger partial charge >= 0.3 is 0 Å². The quantitative estimate of drug-likeness (QED) is 0.742. The van der Waals surface area contributed by atoms with Crippen LogP contribution in [-0.4, -0.2) is 18.9 Å². The van der Waals surface area contributed by atoms with E-state index in [1.807, 2.05) is 0 Å². The zero-order valence-corrected chi connectivity index (χ0v) is 10.5.